The number of halogens is 1. The second-order valence-electron chi connectivity index (χ2n) is 5.56. The molecule has 1 unspecified atom stereocenters. The zero-order chi connectivity index (χ0) is 18.0. The lowest BCUT2D eigenvalue weighted by Gasteiger charge is -2.23. The monoisotopic (exact) mass is 378 g/mol. The Balaban J connectivity index is 1.88. The summed E-state index contributed by atoms with van der Waals surface area (Å²) in [5.41, 5.74) is 0.439. The van der Waals surface area contributed by atoms with Gasteiger partial charge in [0.1, 0.15) is 6.04 Å². The van der Waals surface area contributed by atoms with Crippen molar-refractivity contribution in [1.29, 1.82) is 0 Å². The van der Waals surface area contributed by atoms with Crippen LogP contribution in [0.2, 0.25) is 5.02 Å². The van der Waals surface area contributed by atoms with Crippen LogP contribution in [0.15, 0.2) is 59.5 Å². The molecule has 2 aromatic rings. The lowest BCUT2D eigenvalue weighted by molar-refractivity contribution is -0.128. The molecule has 1 aliphatic rings. The molecule has 25 heavy (non-hydrogen) atoms. The standard InChI is InChI=1S/C17H15ClN2O4S/c18-12-5-4-6-13(11-12)19-17(22)15-9-10-16(21)20(15)25(23,24)14-7-2-1-3-8-14/h1-8,11,15H,9-10H2,(H,19,22). The fourth-order valence-electron chi connectivity index (χ4n) is 2.70. The Hall–Kier alpha value is -2.38. The predicted octanol–water partition coefficient (Wildman–Crippen LogP) is 2.66. The smallest absolute Gasteiger partial charge is 0.267 e. The van der Waals surface area contributed by atoms with Crippen LogP contribution in [0.3, 0.4) is 0 Å². The minimum Gasteiger partial charge on any atom is -0.324 e. The third kappa shape index (κ3) is 3.52. The van der Waals surface area contributed by atoms with E-state index in [1.165, 1.54) is 12.1 Å². The lowest BCUT2D eigenvalue weighted by atomic mass is 10.2. The number of sulfonamides is 1. The Labute approximate surface area is 150 Å². The molecule has 1 N–H and O–H groups in total. The van der Waals surface area contributed by atoms with Crippen molar-refractivity contribution >= 4 is 39.1 Å². The minimum absolute atomic E-state index is 0.000301. The highest BCUT2D eigenvalue weighted by molar-refractivity contribution is 7.89. The first-order valence-electron chi connectivity index (χ1n) is 7.58. The highest BCUT2D eigenvalue weighted by atomic mass is 35.5. The van der Waals surface area contributed by atoms with Crippen LogP contribution in [0.1, 0.15) is 12.8 Å². The first-order chi connectivity index (χ1) is 11.9. The Bertz CT molecular complexity index is 915. The van der Waals surface area contributed by atoms with Crippen LogP contribution >= 0.6 is 11.6 Å². The van der Waals surface area contributed by atoms with E-state index >= 15 is 0 Å². The van der Waals surface area contributed by atoms with Gasteiger partial charge in [0.2, 0.25) is 11.8 Å². The predicted molar refractivity (Wildman–Crippen MR) is 93.6 cm³/mol. The number of carbonyl (C=O) groups is 2. The molecule has 1 heterocycles. The van der Waals surface area contributed by atoms with E-state index < -0.39 is 27.9 Å². The molecule has 1 atom stereocenters. The molecule has 0 aromatic heterocycles. The van der Waals surface area contributed by atoms with Crippen LogP contribution < -0.4 is 5.32 Å². The fourth-order valence-corrected chi connectivity index (χ4v) is 4.51. The second-order valence-corrected chi connectivity index (χ2v) is 7.81. The topological polar surface area (TPSA) is 83.6 Å². The summed E-state index contributed by atoms with van der Waals surface area (Å²) in [5.74, 6) is -1.15. The van der Waals surface area contributed by atoms with Gasteiger partial charge in [0.15, 0.2) is 0 Å². The zero-order valence-corrected chi connectivity index (χ0v) is 14.6. The number of hydrogen-bond donors (Lipinski definition) is 1. The summed E-state index contributed by atoms with van der Waals surface area (Å²) in [5, 5.41) is 3.06. The second kappa shape index (κ2) is 6.85. The van der Waals surface area contributed by atoms with Gasteiger partial charge in [-0.05, 0) is 36.8 Å². The number of rotatable bonds is 4. The number of carbonyl (C=O) groups excluding carboxylic acids is 2. The van der Waals surface area contributed by atoms with Gasteiger partial charge in [0.05, 0.1) is 4.90 Å². The highest BCUT2D eigenvalue weighted by Gasteiger charge is 2.44. The normalized spacial score (nSPS) is 17.6. The van der Waals surface area contributed by atoms with Crippen molar-refractivity contribution in [3.8, 4) is 0 Å². The van der Waals surface area contributed by atoms with E-state index in [4.69, 9.17) is 11.6 Å². The Morgan fingerprint density at radius 1 is 1.12 bits per heavy atom. The number of benzene rings is 2. The molecule has 6 nitrogen and oxygen atoms in total. The number of nitrogens with one attached hydrogen (secondary N) is 1. The van der Waals surface area contributed by atoms with Crippen molar-refractivity contribution in [3.05, 3.63) is 59.6 Å². The fraction of sp³-hybridized carbons (Fsp3) is 0.176. The van der Waals surface area contributed by atoms with Gasteiger partial charge < -0.3 is 5.32 Å². The molecule has 0 spiro atoms. The van der Waals surface area contributed by atoms with Gasteiger partial charge in [-0.2, -0.15) is 0 Å². The average Bonchev–Trinajstić information content (AvgIpc) is 2.98. The Morgan fingerprint density at radius 3 is 2.52 bits per heavy atom. The molecule has 0 radical (unpaired) electrons. The molecule has 3 rings (SSSR count). The maximum Gasteiger partial charge on any atom is 0.267 e. The number of anilines is 1. The Morgan fingerprint density at radius 2 is 1.84 bits per heavy atom. The third-order valence-corrected chi connectivity index (χ3v) is 5.93. The van der Waals surface area contributed by atoms with E-state index in [-0.39, 0.29) is 17.7 Å². The van der Waals surface area contributed by atoms with E-state index in [1.54, 1.807) is 42.5 Å². The summed E-state index contributed by atoms with van der Waals surface area (Å²) >= 11 is 5.88. The number of amides is 2. The molecule has 130 valence electrons. The van der Waals surface area contributed by atoms with Crippen molar-refractivity contribution in [2.45, 2.75) is 23.8 Å². The zero-order valence-electron chi connectivity index (χ0n) is 13.1. The van der Waals surface area contributed by atoms with Gasteiger partial charge in [-0.15, -0.1) is 0 Å². The van der Waals surface area contributed by atoms with Crippen LogP contribution in [0.4, 0.5) is 5.69 Å². The summed E-state index contributed by atoms with van der Waals surface area (Å²) in [6, 6.07) is 13.0. The van der Waals surface area contributed by atoms with Crippen molar-refractivity contribution in [2.24, 2.45) is 0 Å². The molecule has 1 fully saturated rings. The van der Waals surface area contributed by atoms with E-state index in [2.05, 4.69) is 5.32 Å². The summed E-state index contributed by atoms with van der Waals surface area (Å²) in [6.45, 7) is 0. The molecule has 0 aliphatic carbocycles. The highest BCUT2D eigenvalue weighted by Crippen LogP contribution is 2.28. The minimum atomic E-state index is -4.09. The van der Waals surface area contributed by atoms with Crippen LogP contribution in [-0.4, -0.2) is 30.6 Å². The SMILES string of the molecule is O=C(Nc1cccc(Cl)c1)C1CCC(=O)N1S(=O)(=O)c1ccccc1. The maximum absolute atomic E-state index is 12.8. The third-order valence-electron chi connectivity index (χ3n) is 3.86. The maximum atomic E-state index is 12.8. The van der Waals surface area contributed by atoms with E-state index in [9.17, 15) is 18.0 Å². The van der Waals surface area contributed by atoms with Crippen LogP contribution in [0.5, 0.6) is 0 Å². The molecule has 1 aliphatic heterocycles. The van der Waals surface area contributed by atoms with Gasteiger partial charge in [-0.25, -0.2) is 12.7 Å². The molecular formula is C17H15ClN2O4S. The van der Waals surface area contributed by atoms with Crippen molar-refractivity contribution in [3.63, 3.8) is 0 Å². The summed E-state index contributed by atoms with van der Waals surface area (Å²) in [4.78, 5) is 24.7. The van der Waals surface area contributed by atoms with E-state index in [1.807, 2.05) is 0 Å². The van der Waals surface area contributed by atoms with Gasteiger partial charge in [-0.1, -0.05) is 35.9 Å². The van der Waals surface area contributed by atoms with Crippen molar-refractivity contribution in [2.75, 3.05) is 5.32 Å². The quantitative estimate of drug-likeness (QED) is 0.886. The van der Waals surface area contributed by atoms with Gasteiger partial charge in [-0.3, -0.25) is 9.59 Å². The summed E-state index contributed by atoms with van der Waals surface area (Å²) in [6.07, 6.45) is 0.136. The first kappa shape index (κ1) is 17.4. The van der Waals surface area contributed by atoms with E-state index in [0.717, 1.165) is 0 Å². The van der Waals surface area contributed by atoms with Crippen LogP contribution in [0, 0.1) is 0 Å². The molecule has 1 saturated heterocycles. The molecule has 0 bridgehead atoms. The van der Waals surface area contributed by atoms with Gasteiger partial charge >= 0.3 is 0 Å². The van der Waals surface area contributed by atoms with Crippen molar-refractivity contribution < 1.29 is 18.0 Å². The molecule has 0 saturated carbocycles. The largest absolute Gasteiger partial charge is 0.324 e. The van der Waals surface area contributed by atoms with Crippen molar-refractivity contribution in [1.82, 2.24) is 4.31 Å². The Kier molecular flexibility index (Phi) is 4.78. The lowest BCUT2D eigenvalue weighted by Crippen LogP contribution is -2.45. The van der Waals surface area contributed by atoms with Crippen LogP contribution in [-0.2, 0) is 19.6 Å². The summed E-state index contributed by atoms with van der Waals surface area (Å²) in [7, 11) is -4.09. The molecular weight excluding hydrogens is 364 g/mol. The van der Waals surface area contributed by atoms with E-state index in [0.29, 0.717) is 15.0 Å². The average molecular weight is 379 g/mol. The van der Waals surface area contributed by atoms with Crippen LogP contribution in [0.25, 0.3) is 0 Å². The van der Waals surface area contributed by atoms with Gasteiger partial charge in [0, 0.05) is 17.1 Å². The molecule has 2 aromatic carbocycles. The van der Waals surface area contributed by atoms with Gasteiger partial charge in [0.25, 0.3) is 10.0 Å². The first-order valence-corrected chi connectivity index (χ1v) is 9.40. The number of nitrogens with zero attached hydrogens (tertiary/aromatic N) is 1. The molecule has 8 heteroatoms. The molecule has 2 amide bonds. The number of hydrogen-bond acceptors (Lipinski definition) is 4. The summed E-state index contributed by atoms with van der Waals surface area (Å²) < 4.78 is 26.2.